The number of fused-ring (bicyclic) bond motifs is 1. The lowest BCUT2D eigenvalue weighted by Gasteiger charge is -2.06. The van der Waals surface area contributed by atoms with Crippen LogP contribution in [-0.2, 0) is 6.42 Å². The molecule has 2 N–H and O–H groups in total. The third-order valence-electron chi connectivity index (χ3n) is 3.27. The molecule has 0 saturated carbocycles. The molecule has 0 aliphatic heterocycles. The van der Waals surface area contributed by atoms with Crippen LogP contribution in [0.5, 0.6) is 0 Å². The normalized spacial score (nSPS) is 11.1. The SMILES string of the molecule is CCc1oc2ccccc2c1-c1ccc(Cl)cc1N. The van der Waals surface area contributed by atoms with Gasteiger partial charge < -0.3 is 10.2 Å². The zero-order valence-electron chi connectivity index (χ0n) is 10.6. The predicted octanol–water partition coefficient (Wildman–Crippen LogP) is 4.90. The number of hydrogen-bond donors (Lipinski definition) is 1. The van der Waals surface area contributed by atoms with Crippen LogP contribution in [0.2, 0.25) is 5.02 Å². The monoisotopic (exact) mass is 271 g/mol. The van der Waals surface area contributed by atoms with Crippen molar-refractivity contribution in [1.29, 1.82) is 0 Å². The summed E-state index contributed by atoms with van der Waals surface area (Å²) < 4.78 is 5.90. The minimum absolute atomic E-state index is 0.645. The highest BCUT2D eigenvalue weighted by Crippen LogP contribution is 2.38. The number of aryl methyl sites for hydroxylation is 1. The lowest BCUT2D eigenvalue weighted by Crippen LogP contribution is -1.91. The van der Waals surface area contributed by atoms with Crippen LogP contribution >= 0.6 is 11.6 Å². The molecular formula is C16H14ClNO. The summed E-state index contributed by atoms with van der Waals surface area (Å²) in [6.07, 6.45) is 0.825. The van der Waals surface area contributed by atoms with Crippen molar-refractivity contribution in [1.82, 2.24) is 0 Å². The number of rotatable bonds is 2. The Balaban J connectivity index is 2.34. The van der Waals surface area contributed by atoms with E-state index in [1.165, 1.54) is 0 Å². The van der Waals surface area contributed by atoms with Crippen LogP contribution in [0, 0.1) is 0 Å². The van der Waals surface area contributed by atoms with Gasteiger partial charge in [0.1, 0.15) is 11.3 Å². The molecule has 0 amide bonds. The number of anilines is 1. The molecule has 3 aromatic rings. The average Bonchev–Trinajstić information content (AvgIpc) is 2.77. The van der Waals surface area contributed by atoms with Gasteiger partial charge in [-0.15, -0.1) is 0 Å². The Kier molecular flexibility index (Phi) is 2.96. The molecule has 0 aliphatic rings. The van der Waals surface area contributed by atoms with E-state index in [4.69, 9.17) is 21.8 Å². The van der Waals surface area contributed by atoms with Gasteiger partial charge in [0.25, 0.3) is 0 Å². The second kappa shape index (κ2) is 4.63. The van der Waals surface area contributed by atoms with E-state index in [1.807, 2.05) is 30.3 Å². The molecule has 0 bridgehead atoms. The van der Waals surface area contributed by atoms with Crippen LogP contribution < -0.4 is 5.73 Å². The second-order valence-electron chi connectivity index (χ2n) is 4.48. The quantitative estimate of drug-likeness (QED) is 0.674. The standard InChI is InChI=1S/C16H14ClNO/c1-2-14-16(11-8-7-10(17)9-13(11)18)12-5-3-4-6-15(12)19-14/h3-9H,2,18H2,1H3. The lowest BCUT2D eigenvalue weighted by atomic mass is 9.99. The van der Waals surface area contributed by atoms with Crippen molar-refractivity contribution in [3.05, 3.63) is 53.2 Å². The number of benzene rings is 2. The average molecular weight is 272 g/mol. The number of nitrogens with two attached hydrogens (primary N) is 1. The Morgan fingerprint density at radius 1 is 1.16 bits per heavy atom. The molecule has 0 fully saturated rings. The van der Waals surface area contributed by atoms with Gasteiger partial charge in [-0.05, 0) is 18.2 Å². The molecule has 0 atom stereocenters. The van der Waals surface area contributed by atoms with E-state index >= 15 is 0 Å². The van der Waals surface area contributed by atoms with Crippen molar-refractivity contribution in [2.45, 2.75) is 13.3 Å². The van der Waals surface area contributed by atoms with Crippen molar-refractivity contribution in [3.8, 4) is 11.1 Å². The van der Waals surface area contributed by atoms with Crippen LogP contribution in [0.3, 0.4) is 0 Å². The summed E-state index contributed by atoms with van der Waals surface area (Å²) in [5, 5.41) is 1.74. The van der Waals surface area contributed by atoms with Gasteiger partial charge in [0, 0.05) is 33.6 Å². The van der Waals surface area contributed by atoms with E-state index in [1.54, 1.807) is 6.07 Å². The third-order valence-corrected chi connectivity index (χ3v) is 3.51. The van der Waals surface area contributed by atoms with Gasteiger partial charge in [0.05, 0.1) is 0 Å². The summed E-state index contributed by atoms with van der Waals surface area (Å²) in [7, 11) is 0. The van der Waals surface area contributed by atoms with E-state index in [2.05, 4.69) is 13.0 Å². The van der Waals surface area contributed by atoms with E-state index < -0.39 is 0 Å². The zero-order valence-corrected chi connectivity index (χ0v) is 11.4. The number of para-hydroxylation sites is 1. The number of hydrogen-bond acceptors (Lipinski definition) is 2. The smallest absolute Gasteiger partial charge is 0.134 e. The molecule has 0 aliphatic carbocycles. The first-order valence-electron chi connectivity index (χ1n) is 6.26. The largest absolute Gasteiger partial charge is 0.460 e. The topological polar surface area (TPSA) is 39.2 Å². The minimum Gasteiger partial charge on any atom is -0.460 e. The van der Waals surface area contributed by atoms with Crippen LogP contribution in [0.15, 0.2) is 46.9 Å². The first kappa shape index (κ1) is 12.1. The van der Waals surface area contributed by atoms with Gasteiger partial charge in [-0.2, -0.15) is 0 Å². The molecule has 19 heavy (non-hydrogen) atoms. The summed E-state index contributed by atoms with van der Waals surface area (Å²) in [4.78, 5) is 0. The summed E-state index contributed by atoms with van der Waals surface area (Å²) in [5.41, 5.74) is 9.72. The molecule has 96 valence electrons. The van der Waals surface area contributed by atoms with Crippen molar-refractivity contribution in [2.75, 3.05) is 5.73 Å². The van der Waals surface area contributed by atoms with Gasteiger partial charge in [0.2, 0.25) is 0 Å². The lowest BCUT2D eigenvalue weighted by molar-refractivity contribution is 0.558. The van der Waals surface area contributed by atoms with Crippen LogP contribution in [0.4, 0.5) is 5.69 Å². The molecule has 1 aromatic heterocycles. The fourth-order valence-corrected chi connectivity index (χ4v) is 2.58. The van der Waals surface area contributed by atoms with Crippen molar-refractivity contribution in [3.63, 3.8) is 0 Å². The van der Waals surface area contributed by atoms with Gasteiger partial charge in [-0.3, -0.25) is 0 Å². The summed E-state index contributed by atoms with van der Waals surface area (Å²) in [5.74, 6) is 0.954. The molecular weight excluding hydrogens is 258 g/mol. The maximum absolute atomic E-state index is 6.10. The highest BCUT2D eigenvalue weighted by molar-refractivity contribution is 6.31. The predicted molar refractivity (Wildman–Crippen MR) is 80.5 cm³/mol. The van der Waals surface area contributed by atoms with Gasteiger partial charge in [0.15, 0.2) is 0 Å². The number of halogens is 1. The summed E-state index contributed by atoms with van der Waals surface area (Å²) >= 11 is 5.97. The highest BCUT2D eigenvalue weighted by Gasteiger charge is 2.16. The Labute approximate surface area is 116 Å². The molecule has 0 radical (unpaired) electrons. The summed E-state index contributed by atoms with van der Waals surface area (Å²) in [6.45, 7) is 2.08. The Morgan fingerprint density at radius 2 is 1.95 bits per heavy atom. The first-order valence-corrected chi connectivity index (χ1v) is 6.64. The molecule has 1 heterocycles. The second-order valence-corrected chi connectivity index (χ2v) is 4.92. The maximum Gasteiger partial charge on any atom is 0.134 e. The van der Waals surface area contributed by atoms with Gasteiger partial charge >= 0.3 is 0 Å². The van der Waals surface area contributed by atoms with Crippen molar-refractivity contribution < 1.29 is 4.42 Å². The molecule has 0 spiro atoms. The van der Waals surface area contributed by atoms with E-state index in [0.29, 0.717) is 10.7 Å². The van der Waals surface area contributed by atoms with Crippen molar-refractivity contribution in [2.24, 2.45) is 0 Å². The van der Waals surface area contributed by atoms with Crippen LogP contribution in [0.25, 0.3) is 22.1 Å². The van der Waals surface area contributed by atoms with Crippen molar-refractivity contribution >= 4 is 28.3 Å². The molecule has 0 saturated heterocycles. The Bertz CT molecular complexity index is 746. The highest BCUT2D eigenvalue weighted by atomic mass is 35.5. The molecule has 3 rings (SSSR count). The Morgan fingerprint density at radius 3 is 2.68 bits per heavy atom. The number of nitrogen functional groups attached to an aromatic ring is 1. The molecule has 2 nitrogen and oxygen atoms in total. The fourth-order valence-electron chi connectivity index (χ4n) is 2.40. The number of furan rings is 1. The molecule has 2 aromatic carbocycles. The minimum atomic E-state index is 0.645. The fraction of sp³-hybridized carbons (Fsp3) is 0.125. The molecule has 3 heteroatoms. The maximum atomic E-state index is 6.10. The third kappa shape index (κ3) is 1.98. The van der Waals surface area contributed by atoms with Gasteiger partial charge in [-0.1, -0.05) is 42.8 Å². The van der Waals surface area contributed by atoms with Crippen LogP contribution in [-0.4, -0.2) is 0 Å². The summed E-state index contributed by atoms with van der Waals surface area (Å²) in [6, 6.07) is 13.6. The van der Waals surface area contributed by atoms with Gasteiger partial charge in [-0.25, -0.2) is 0 Å². The molecule has 0 unspecified atom stereocenters. The van der Waals surface area contributed by atoms with Crippen LogP contribution in [0.1, 0.15) is 12.7 Å². The van der Waals surface area contributed by atoms with E-state index in [0.717, 1.165) is 34.3 Å². The first-order chi connectivity index (χ1) is 9.20. The van der Waals surface area contributed by atoms with E-state index in [9.17, 15) is 0 Å². The Hall–Kier alpha value is -1.93. The zero-order chi connectivity index (χ0) is 13.4. The van der Waals surface area contributed by atoms with E-state index in [-0.39, 0.29) is 0 Å².